The molecule has 0 aliphatic heterocycles. The minimum Gasteiger partial charge on any atom is -0.327 e. The van der Waals surface area contributed by atoms with Crippen LogP contribution in [0.15, 0.2) is 5.51 Å². The molecule has 1 heterocycles. The Balaban J connectivity index is 2.56. The first-order valence-corrected chi connectivity index (χ1v) is 4.76. The molecule has 62 valence electrons. The van der Waals surface area contributed by atoms with Gasteiger partial charge in [0.05, 0.1) is 11.2 Å². The van der Waals surface area contributed by atoms with Crippen molar-refractivity contribution in [3.8, 4) is 0 Å². The standard InChI is InChI=1S/C8H14N2S/c1-3-7(9)4-8-6(2)10-5-11-8/h5,7H,3-4,9H2,1-2H3. The molecule has 0 saturated heterocycles. The summed E-state index contributed by atoms with van der Waals surface area (Å²) in [5.41, 5.74) is 8.83. The minimum absolute atomic E-state index is 0.300. The predicted octanol–water partition coefficient (Wildman–Crippen LogP) is 1.73. The molecule has 0 bridgehead atoms. The largest absolute Gasteiger partial charge is 0.327 e. The number of aryl methyl sites for hydroxylation is 1. The summed E-state index contributed by atoms with van der Waals surface area (Å²) in [6.45, 7) is 4.15. The summed E-state index contributed by atoms with van der Waals surface area (Å²) in [6.07, 6.45) is 2.02. The van der Waals surface area contributed by atoms with E-state index in [1.54, 1.807) is 11.3 Å². The van der Waals surface area contributed by atoms with E-state index in [1.807, 2.05) is 12.4 Å². The van der Waals surface area contributed by atoms with Gasteiger partial charge in [-0.05, 0) is 19.8 Å². The van der Waals surface area contributed by atoms with Gasteiger partial charge in [0, 0.05) is 10.9 Å². The number of thiazole rings is 1. The molecule has 0 aliphatic rings. The summed E-state index contributed by atoms with van der Waals surface area (Å²) < 4.78 is 0. The summed E-state index contributed by atoms with van der Waals surface area (Å²) >= 11 is 1.70. The Morgan fingerprint density at radius 2 is 2.45 bits per heavy atom. The van der Waals surface area contributed by atoms with Crippen LogP contribution >= 0.6 is 11.3 Å². The molecular weight excluding hydrogens is 156 g/mol. The average molecular weight is 170 g/mol. The van der Waals surface area contributed by atoms with E-state index < -0.39 is 0 Å². The predicted molar refractivity (Wildman–Crippen MR) is 48.8 cm³/mol. The maximum Gasteiger partial charge on any atom is 0.0797 e. The molecule has 2 nitrogen and oxygen atoms in total. The van der Waals surface area contributed by atoms with Crippen LogP contribution in [0.1, 0.15) is 23.9 Å². The van der Waals surface area contributed by atoms with Gasteiger partial charge >= 0.3 is 0 Å². The fourth-order valence-electron chi connectivity index (χ4n) is 0.905. The summed E-state index contributed by atoms with van der Waals surface area (Å²) in [7, 11) is 0. The third-order valence-electron chi connectivity index (χ3n) is 1.82. The van der Waals surface area contributed by atoms with Crippen LogP contribution in [0, 0.1) is 6.92 Å². The summed E-state index contributed by atoms with van der Waals surface area (Å²) in [5.74, 6) is 0. The second-order valence-electron chi connectivity index (χ2n) is 2.73. The van der Waals surface area contributed by atoms with Crippen LogP contribution in [-0.4, -0.2) is 11.0 Å². The van der Waals surface area contributed by atoms with Gasteiger partial charge in [-0.25, -0.2) is 4.98 Å². The SMILES string of the molecule is CCC(N)Cc1scnc1C. The number of aromatic nitrogens is 1. The molecule has 1 aromatic rings. The van der Waals surface area contributed by atoms with E-state index in [4.69, 9.17) is 5.73 Å². The molecule has 1 atom stereocenters. The van der Waals surface area contributed by atoms with Crippen LogP contribution in [0.4, 0.5) is 0 Å². The molecule has 2 N–H and O–H groups in total. The fraction of sp³-hybridized carbons (Fsp3) is 0.625. The normalized spacial score (nSPS) is 13.4. The quantitative estimate of drug-likeness (QED) is 0.750. The third kappa shape index (κ3) is 2.27. The van der Waals surface area contributed by atoms with Crippen LogP contribution in [0.25, 0.3) is 0 Å². The highest BCUT2D eigenvalue weighted by Crippen LogP contribution is 2.14. The molecule has 1 aromatic heterocycles. The van der Waals surface area contributed by atoms with Crippen molar-refractivity contribution in [1.29, 1.82) is 0 Å². The number of hydrogen-bond donors (Lipinski definition) is 1. The van der Waals surface area contributed by atoms with Gasteiger partial charge < -0.3 is 5.73 Å². The minimum atomic E-state index is 0.300. The maximum atomic E-state index is 5.81. The van der Waals surface area contributed by atoms with Crippen LogP contribution in [0.5, 0.6) is 0 Å². The molecule has 0 fully saturated rings. The summed E-state index contributed by atoms with van der Waals surface area (Å²) in [4.78, 5) is 5.50. The molecule has 0 aromatic carbocycles. The lowest BCUT2D eigenvalue weighted by Gasteiger charge is -2.05. The maximum absolute atomic E-state index is 5.81. The van der Waals surface area contributed by atoms with Crippen LogP contribution in [0.3, 0.4) is 0 Å². The van der Waals surface area contributed by atoms with E-state index in [2.05, 4.69) is 11.9 Å². The first-order valence-electron chi connectivity index (χ1n) is 3.88. The molecule has 0 saturated carbocycles. The molecule has 1 rings (SSSR count). The second-order valence-corrected chi connectivity index (χ2v) is 3.67. The van der Waals surface area contributed by atoms with Gasteiger partial charge in [-0.3, -0.25) is 0 Å². The Labute approximate surface area is 71.5 Å². The highest BCUT2D eigenvalue weighted by Gasteiger charge is 2.05. The van der Waals surface area contributed by atoms with Crippen molar-refractivity contribution in [2.45, 2.75) is 32.7 Å². The monoisotopic (exact) mass is 170 g/mol. The van der Waals surface area contributed by atoms with E-state index in [1.165, 1.54) is 4.88 Å². The van der Waals surface area contributed by atoms with Crippen molar-refractivity contribution in [2.75, 3.05) is 0 Å². The van der Waals surface area contributed by atoms with Crippen molar-refractivity contribution in [1.82, 2.24) is 4.98 Å². The van der Waals surface area contributed by atoms with Crippen molar-refractivity contribution >= 4 is 11.3 Å². The lowest BCUT2D eigenvalue weighted by Crippen LogP contribution is -2.21. The topological polar surface area (TPSA) is 38.9 Å². The zero-order chi connectivity index (χ0) is 8.27. The molecule has 0 radical (unpaired) electrons. The number of nitrogens with zero attached hydrogens (tertiary/aromatic N) is 1. The molecule has 0 aliphatic carbocycles. The van der Waals surface area contributed by atoms with Gasteiger partial charge in [0.1, 0.15) is 0 Å². The van der Waals surface area contributed by atoms with Crippen molar-refractivity contribution in [2.24, 2.45) is 5.73 Å². The smallest absolute Gasteiger partial charge is 0.0797 e. The van der Waals surface area contributed by atoms with Gasteiger partial charge in [0.25, 0.3) is 0 Å². The lowest BCUT2D eigenvalue weighted by atomic mass is 10.1. The summed E-state index contributed by atoms with van der Waals surface area (Å²) in [6, 6.07) is 0.300. The van der Waals surface area contributed by atoms with Gasteiger partial charge in [0.2, 0.25) is 0 Å². The molecular formula is C8H14N2S. The Kier molecular flexibility index (Phi) is 3.02. The van der Waals surface area contributed by atoms with Gasteiger partial charge in [0.15, 0.2) is 0 Å². The molecule has 11 heavy (non-hydrogen) atoms. The first-order chi connectivity index (χ1) is 5.24. The molecule has 0 amide bonds. The van der Waals surface area contributed by atoms with E-state index in [0.717, 1.165) is 18.5 Å². The van der Waals surface area contributed by atoms with E-state index in [-0.39, 0.29) is 0 Å². The molecule has 0 spiro atoms. The summed E-state index contributed by atoms with van der Waals surface area (Å²) in [5, 5.41) is 0. The third-order valence-corrected chi connectivity index (χ3v) is 2.77. The Morgan fingerprint density at radius 1 is 1.73 bits per heavy atom. The van der Waals surface area contributed by atoms with Gasteiger partial charge in [-0.1, -0.05) is 6.92 Å². The lowest BCUT2D eigenvalue weighted by molar-refractivity contribution is 0.649. The number of nitrogens with two attached hydrogens (primary N) is 1. The molecule has 1 unspecified atom stereocenters. The van der Waals surface area contributed by atoms with Crippen molar-refractivity contribution in [3.05, 3.63) is 16.1 Å². The molecule has 3 heteroatoms. The second kappa shape index (κ2) is 3.83. The Hall–Kier alpha value is -0.410. The Morgan fingerprint density at radius 3 is 2.91 bits per heavy atom. The zero-order valence-electron chi connectivity index (χ0n) is 7.00. The highest BCUT2D eigenvalue weighted by molar-refractivity contribution is 7.09. The van der Waals surface area contributed by atoms with Crippen LogP contribution < -0.4 is 5.73 Å². The van der Waals surface area contributed by atoms with Crippen molar-refractivity contribution in [3.63, 3.8) is 0 Å². The van der Waals surface area contributed by atoms with Crippen LogP contribution in [0.2, 0.25) is 0 Å². The number of rotatable bonds is 3. The first kappa shape index (κ1) is 8.68. The van der Waals surface area contributed by atoms with E-state index in [9.17, 15) is 0 Å². The van der Waals surface area contributed by atoms with Crippen molar-refractivity contribution < 1.29 is 0 Å². The van der Waals surface area contributed by atoms with Crippen LogP contribution in [-0.2, 0) is 6.42 Å². The van der Waals surface area contributed by atoms with Gasteiger partial charge in [-0.2, -0.15) is 0 Å². The van der Waals surface area contributed by atoms with E-state index >= 15 is 0 Å². The number of hydrogen-bond acceptors (Lipinski definition) is 3. The zero-order valence-corrected chi connectivity index (χ0v) is 7.82. The average Bonchev–Trinajstić information content (AvgIpc) is 2.37. The van der Waals surface area contributed by atoms with E-state index in [0.29, 0.717) is 6.04 Å². The fourth-order valence-corrected chi connectivity index (χ4v) is 1.78. The Bertz CT molecular complexity index is 220. The van der Waals surface area contributed by atoms with Gasteiger partial charge in [-0.15, -0.1) is 11.3 Å². The highest BCUT2D eigenvalue weighted by atomic mass is 32.1.